The first-order valence-electron chi connectivity index (χ1n) is 4.42. The van der Waals surface area contributed by atoms with Crippen molar-refractivity contribution >= 4 is 40.2 Å². The minimum Gasteiger partial charge on any atom is -0.397 e. The van der Waals surface area contributed by atoms with E-state index in [1.54, 1.807) is 23.6 Å². The minimum atomic E-state index is -0.239. The van der Waals surface area contributed by atoms with Crippen molar-refractivity contribution in [3.8, 4) is 0 Å². The fraction of sp³-hybridized carbons (Fsp3) is 0. The number of thiophene rings is 1. The molecule has 2 rings (SSSR count). The molecular formula is C10H8ClN3OS. The standard InChI is InChI=1S/C10H8ClN3OS/c11-8-2-1-6(5-13-8)14-10(15)9-7(12)3-4-16-9/h1-5H,12H2,(H,14,15). The third kappa shape index (κ3) is 2.32. The molecule has 1 amide bonds. The normalized spacial score (nSPS) is 10.1. The molecule has 0 fully saturated rings. The molecule has 0 atom stereocenters. The van der Waals surface area contributed by atoms with Crippen molar-refractivity contribution in [2.75, 3.05) is 11.1 Å². The first-order valence-corrected chi connectivity index (χ1v) is 5.68. The molecule has 82 valence electrons. The lowest BCUT2D eigenvalue weighted by Gasteiger charge is -2.03. The van der Waals surface area contributed by atoms with Gasteiger partial charge in [-0.25, -0.2) is 4.98 Å². The molecular weight excluding hydrogens is 246 g/mol. The highest BCUT2D eigenvalue weighted by atomic mass is 35.5. The topological polar surface area (TPSA) is 68.0 Å². The zero-order valence-electron chi connectivity index (χ0n) is 8.11. The van der Waals surface area contributed by atoms with Gasteiger partial charge in [-0.1, -0.05) is 11.6 Å². The van der Waals surface area contributed by atoms with Crippen LogP contribution in [-0.2, 0) is 0 Å². The Bertz CT molecular complexity index is 509. The number of carbonyl (C=O) groups excluding carboxylic acids is 1. The van der Waals surface area contributed by atoms with Gasteiger partial charge in [0, 0.05) is 0 Å². The Morgan fingerprint density at radius 1 is 1.44 bits per heavy atom. The SMILES string of the molecule is Nc1ccsc1C(=O)Nc1ccc(Cl)nc1. The smallest absolute Gasteiger partial charge is 0.267 e. The number of hydrogen-bond donors (Lipinski definition) is 2. The molecule has 4 nitrogen and oxygen atoms in total. The van der Waals surface area contributed by atoms with Crippen LogP contribution in [0, 0.1) is 0 Å². The van der Waals surface area contributed by atoms with Crippen LogP contribution in [0.3, 0.4) is 0 Å². The fourth-order valence-electron chi connectivity index (χ4n) is 1.14. The molecule has 0 aliphatic heterocycles. The van der Waals surface area contributed by atoms with E-state index in [2.05, 4.69) is 10.3 Å². The molecule has 0 aliphatic rings. The number of nitrogens with two attached hydrogens (primary N) is 1. The van der Waals surface area contributed by atoms with Gasteiger partial charge in [-0.3, -0.25) is 4.79 Å². The van der Waals surface area contributed by atoms with Gasteiger partial charge in [0.1, 0.15) is 10.0 Å². The summed E-state index contributed by atoms with van der Waals surface area (Å²) in [6.45, 7) is 0. The first-order chi connectivity index (χ1) is 7.66. The maximum Gasteiger partial charge on any atom is 0.267 e. The molecule has 0 aromatic carbocycles. The second-order valence-corrected chi connectivity index (χ2v) is 4.33. The van der Waals surface area contributed by atoms with E-state index in [1.165, 1.54) is 17.5 Å². The molecule has 3 N–H and O–H groups in total. The van der Waals surface area contributed by atoms with E-state index < -0.39 is 0 Å². The average Bonchev–Trinajstić information content (AvgIpc) is 2.68. The number of nitrogen functional groups attached to an aromatic ring is 1. The number of rotatable bonds is 2. The summed E-state index contributed by atoms with van der Waals surface area (Å²) < 4.78 is 0. The van der Waals surface area contributed by atoms with E-state index >= 15 is 0 Å². The summed E-state index contributed by atoms with van der Waals surface area (Å²) in [6, 6.07) is 4.98. The van der Waals surface area contributed by atoms with Gasteiger partial charge >= 0.3 is 0 Å². The molecule has 2 heterocycles. The number of anilines is 2. The van der Waals surface area contributed by atoms with Crippen LogP contribution in [0.15, 0.2) is 29.8 Å². The number of carbonyl (C=O) groups is 1. The quantitative estimate of drug-likeness (QED) is 0.809. The molecule has 0 radical (unpaired) electrons. The van der Waals surface area contributed by atoms with Gasteiger partial charge in [0.05, 0.1) is 17.6 Å². The Hall–Kier alpha value is -1.59. The van der Waals surface area contributed by atoms with Crippen LogP contribution < -0.4 is 11.1 Å². The molecule has 0 unspecified atom stereocenters. The number of halogens is 1. The highest BCUT2D eigenvalue weighted by Crippen LogP contribution is 2.20. The maximum absolute atomic E-state index is 11.7. The number of pyridine rings is 1. The summed E-state index contributed by atoms with van der Waals surface area (Å²) >= 11 is 6.93. The second-order valence-electron chi connectivity index (χ2n) is 3.03. The summed E-state index contributed by atoms with van der Waals surface area (Å²) in [5.41, 5.74) is 6.69. The summed E-state index contributed by atoms with van der Waals surface area (Å²) in [5.74, 6) is -0.239. The third-order valence-corrected chi connectivity index (χ3v) is 3.04. The predicted molar refractivity (Wildman–Crippen MR) is 65.9 cm³/mol. The largest absolute Gasteiger partial charge is 0.397 e. The number of aromatic nitrogens is 1. The maximum atomic E-state index is 11.7. The molecule has 0 aliphatic carbocycles. The van der Waals surface area contributed by atoms with Gasteiger partial charge in [0.25, 0.3) is 5.91 Å². The van der Waals surface area contributed by atoms with Gasteiger partial charge in [-0.2, -0.15) is 0 Å². The van der Waals surface area contributed by atoms with Crippen LogP contribution in [0.2, 0.25) is 5.15 Å². The van der Waals surface area contributed by atoms with E-state index in [0.717, 1.165) is 0 Å². The highest BCUT2D eigenvalue weighted by Gasteiger charge is 2.11. The van der Waals surface area contributed by atoms with Crippen molar-refractivity contribution in [2.24, 2.45) is 0 Å². The molecule has 2 aromatic heterocycles. The van der Waals surface area contributed by atoms with Crippen LogP contribution in [0.4, 0.5) is 11.4 Å². The minimum absolute atomic E-state index is 0.239. The Morgan fingerprint density at radius 3 is 2.81 bits per heavy atom. The number of hydrogen-bond acceptors (Lipinski definition) is 4. The van der Waals surface area contributed by atoms with E-state index in [0.29, 0.717) is 21.4 Å². The lowest BCUT2D eigenvalue weighted by Crippen LogP contribution is -2.11. The summed E-state index contributed by atoms with van der Waals surface area (Å²) in [6.07, 6.45) is 1.49. The molecule has 6 heteroatoms. The van der Waals surface area contributed by atoms with Gasteiger partial charge < -0.3 is 11.1 Å². The van der Waals surface area contributed by atoms with Crippen LogP contribution in [0.5, 0.6) is 0 Å². The second kappa shape index (κ2) is 4.51. The Kier molecular flexibility index (Phi) is 3.07. The van der Waals surface area contributed by atoms with E-state index in [-0.39, 0.29) is 5.91 Å². The van der Waals surface area contributed by atoms with Crippen molar-refractivity contribution in [2.45, 2.75) is 0 Å². The summed E-state index contributed by atoms with van der Waals surface area (Å²) in [7, 11) is 0. The zero-order chi connectivity index (χ0) is 11.5. The van der Waals surface area contributed by atoms with Crippen molar-refractivity contribution in [1.29, 1.82) is 0 Å². The zero-order valence-corrected chi connectivity index (χ0v) is 9.68. The van der Waals surface area contributed by atoms with Crippen molar-refractivity contribution in [3.05, 3.63) is 39.8 Å². The molecule has 0 saturated carbocycles. The van der Waals surface area contributed by atoms with E-state index in [9.17, 15) is 4.79 Å². The molecule has 16 heavy (non-hydrogen) atoms. The lowest BCUT2D eigenvalue weighted by atomic mass is 10.3. The van der Waals surface area contributed by atoms with E-state index in [1.807, 2.05) is 0 Å². The van der Waals surface area contributed by atoms with Gasteiger partial charge in [0.2, 0.25) is 0 Å². The number of nitrogens with zero attached hydrogens (tertiary/aromatic N) is 1. The van der Waals surface area contributed by atoms with Gasteiger partial charge in [-0.05, 0) is 23.6 Å². The van der Waals surface area contributed by atoms with Crippen LogP contribution >= 0.6 is 22.9 Å². The fourth-order valence-corrected chi connectivity index (χ4v) is 1.97. The molecule has 0 saturated heterocycles. The Morgan fingerprint density at radius 2 is 2.25 bits per heavy atom. The van der Waals surface area contributed by atoms with Gasteiger partial charge in [-0.15, -0.1) is 11.3 Å². The predicted octanol–water partition coefficient (Wildman–Crippen LogP) is 2.63. The Labute approximate surface area is 101 Å². The highest BCUT2D eigenvalue weighted by molar-refractivity contribution is 7.12. The van der Waals surface area contributed by atoms with E-state index in [4.69, 9.17) is 17.3 Å². The average molecular weight is 254 g/mol. The molecule has 0 spiro atoms. The lowest BCUT2D eigenvalue weighted by molar-refractivity contribution is 0.103. The number of amides is 1. The Balaban J connectivity index is 2.14. The van der Waals surface area contributed by atoms with Gasteiger partial charge in [0.15, 0.2) is 0 Å². The third-order valence-electron chi connectivity index (χ3n) is 1.89. The first kappa shape index (κ1) is 10.9. The molecule has 2 aromatic rings. The van der Waals surface area contributed by atoms with Crippen LogP contribution in [0.25, 0.3) is 0 Å². The van der Waals surface area contributed by atoms with Crippen molar-refractivity contribution < 1.29 is 4.79 Å². The van der Waals surface area contributed by atoms with Crippen LogP contribution in [-0.4, -0.2) is 10.9 Å². The monoisotopic (exact) mass is 253 g/mol. The number of nitrogens with one attached hydrogen (secondary N) is 1. The van der Waals surface area contributed by atoms with Crippen LogP contribution in [0.1, 0.15) is 9.67 Å². The summed E-state index contributed by atoms with van der Waals surface area (Å²) in [4.78, 5) is 16.1. The molecule has 0 bridgehead atoms. The van der Waals surface area contributed by atoms with Crippen molar-refractivity contribution in [3.63, 3.8) is 0 Å². The van der Waals surface area contributed by atoms with Crippen molar-refractivity contribution in [1.82, 2.24) is 4.98 Å². The summed E-state index contributed by atoms with van der Waals surface area (Å²) in [5, 5.41) is 4.83.